The monoisotopic (exact) mass is 348 g/mol. The van der Waals surface area contributed by atoms with Crippen molar-refractivity contribution < 1.29 is 9.18 Å². The molecule has 3 aromatic rings. The normalized spacial score (nSPS) is 12.6. The number of primary amides is 1. The van der Waals surface area contributed by atoms with Crippen LogP contribution >= 0.6 is 11.8 Å². The van der Waals surface area contributed by atoms with Crippen LogP contribution in [0.1, 0.15) is 21.5 Å². The minimum Gasteiger partial charge on any atom is -0.366 e. The van der Waals surface area contributed by atoms with Gasteiger partial charge in [0.15, 0.2) is 0 Å². The lowest BCUT2D eigenvalue weighted by Crippen LogP contribution is -2.10. The van der Waals surface area contributed by atoms with Crippen molar-refractivity contribution >= 4 is 29.1 Å². The number of carbonyl (C=O) groups is 1. The van der Waals surface area contributed by atoms with E-state index in [9.17, 15) is 9.18 Å². The first-order valence-electron chi connectivity index (χ1n) is 7.67. The van der Waals surface area contributed by atoms with E-state index in [1.54, 1.807) is 36.0 Å². The molecule has 0 aromatic heterocycles. The van der Waals surface area contributed by atoms with Crippen molar-refractivity contribution in [1.82, 2.24) is 0 Å². The molecular formula is C20H13FN2OS. The summed E-state index contributed by atoms with van der Waals surface area (Å²) >= 11 is 1.58. The Kier molecular flexibility index (Phi) is 3.86. The number of rotatable bonds is 2. The van der Waals surface area contributed by atoms with Crippen LogP contribution in [0.3, 0.4) is 0 Å². The van der Waals surface area contributed by atoms with Gasteiger partial charge in [-0.25, -0.2) is 9.38 Å². The molecule has 1 aliphatic heterocycles. The predicted molar refractivity (Wildman–Crippen MR) is 97.2 cm³/mol. The molecule has 3 aromatic carbocycles. The van der Waals surface area contributed by atoms with Crippen LogP contribution < -0.4 is 5.73 Å². The molecule has 0 radical (unpaired) electrons. The molecule has 122 valence electrons. The molecule has 0 atom stereocenters. The lowest BCUT2D eigenvalue weighted by molar-refractivity contribution is 0.1000. The summed E-state index contributed by atoms with van der Waals surface area (Å²) in [4.78, 5) is 18.3. The number of hydrogen-bond acceptors (Lipinski definition) is 3. The molecule has 0 bridgehead atoms. The Bertz CT molecular complexity index is 1010. The molecule has 0 unspecified atom stereocenters. The smallest absolute Gasteiger partial charge is 0.248 e. The number of aliphatic imine (C=N–C) groups is 1. The Labute approximate surface area is 148 Å². The summed E-state index contributed by atoms with van der Waals surface area (Å²) < 4.78 is 13.3. The van der Waals surface area contributed by atoms with Gasteiger partial charge in [-0.3, -0.25) is 4.79 Å². The van der Waals surface area contributed by atoms with E-state index < -0.39 is 5.91 Å². The molecule has 5 heteroatoms. The highest BCUT2D eigenvalue weighted by atomic mass is 32.2. The number of fused-ring (bicyclic) bond motifs is 2. The number of nitrogens with zero attached hydrogens (tertiary/aromatic N) is 1. The predicted octanol–water partition coefficient (Wildman–Crippen LogP) is 4.56. The van der Waals surface area contributed by atoms with Gasteiger partial charge in [0.25, 0.3) is 0 Å². The van der Waals surface area contributed by atoms with Gasteiger partial charge in [0.1, 0.15) is 5.82 Å². The van der Waals surface area contributed by atoms with Crippen molar-refractivity contribution in [1.29, 1.82) is 0 Å². The van der Waals surface area contributed by atoms with Crippen molar-refractivity contribution in [2.75, 3.05) is 0 Å². The second-order valence-corrected chi connectivity index (χ2v) is 6.70. The molecule has 1 aliphatic rings. The van der Waals surface area contributed by atoms with Crippen LogP contribution in [-0.2, 0) is 0 Å². The third-order valence-corrected chi connectivity index (χ3v) is 5.10. The van der Waals surface area contributed by atoms with Gasteiger partial charge in [-0.1, -0.05) is 30.0 Å². The molecule has 1 amide bonds. The third-order valence-electron chi connectivity index (χ3n) is 3.96. The zero-order chi connectivity index (χ0) is 17.4. The summed E-state index contributed by atoms with van der Waals surface area (Å²) in [6, 6.07) is 19.4. The summed E-state index contributed by atoms with van der Waals surface area (Å²) in [6.07, 6.45) is 0. The highest BCUT2D eigenvalue weighted by Gasteiger charge is 2.19. The van der Waals surface area contributed by atoms with E-state index in [2.05, 4.69) is 0 Å². The number of halogens is 1. The summed E-state index contributed by atoms with van der Waals surface area (Å²) in [6.45, 7) is 0. The lowest BCUT2D eigenvalue weighted by atomic mass is 10.0. The first kappa shape index (κ1) is 15.6. The number of carbonyl (C=O) groups excluding carboxylic acids is 1. The van der Waals surface area contributed by atoms with Crippen LogP contribution in [0.25, 0.3) is 0 Å². The number of nitrogens with two attached hydrogens (primary N) is 1. The molecule has 2 N–H and O–H groups in total. The summed E-state index contributed by atoms with van der Waals surface area (Å²) in [5, 5.41) is 0. The quantitative estimate of drug-likeness (QED) is 0.577. The van der Waals surface area contributed by atoms with Crippen molar-refractivity contribution in [3.05, 3.63) is 89.2 Å². The van der Waals surface area contributed by atoms with E-state index in [1.165, 1.54) is 12.1 Å². The van der Waals surface area contributed by atoms with E-state index >= 15 is 0 Å². The van der Waals surface area contributed by atoms with E-state index in [1.807, 2.05) is 30.3 Å². The Hall–Kier alpha value is -2.92. The van der Waals surface area contributed by atoms with E-state index in [0.717, 1.165) is 26.6 Å². The minimum atomic E-state index is -0.493. The first-order valence-corrected chi connectivity index (χ1v) is 8.49. The molecule has 0 saturated heterocycles. The van der Waals surface area contributed by atoms with E-state index in [4.69, 9.17) is 10.7 Å². The van der Waals surface area contributed by atoms with Gasteiger partial charge in [0, 0.05) is 26.5 Å². The van der Waals surface area contributed by atoms with Crippen molar-refractivity contribution in [2.45, 2.75) is 9.79 Å². The van der Waals surface area contributed by atoms with Crippen LogP contribution in [0.15, 0.2) is 81.5 Å². The van der Waals surface area contributed by atoms with Gasteiger partial charge in [-0.2, -0.15) is 0 Å². The second kappa shape index (κ2) is 6.18. The standard InChI is InChI=1S/C20H13FN2OS/c21-14-8-5-12(6-9-14)19-15-3-1-2-4-17(15)25-18-10-7-13(20(22)24)11-16(18)23-19/h1-11H,(H2,22,24). The molecule has 0 aliphatic carbocycles. The first-order chi connectivity index (χ1) is 12.1. The lowest BCUT2D eigenvalue weighted by Gasteiger charge is -2.08. The fourth-order valence-corrected chi connectivity index (χ4v) is 3.73. The number of amides is 1. The maximum absolute atomic E-state index is 13.3. The summed E-state index contributed by atoms with van der Waals surface area (Å²) in [5.74, 6) is -0.787. The molecule has 0 saturated carbocycles. The fourth-order valence-electron chi connectivity index (χ4n) is 2.72. The molecule has 3 nitrogen and oxygen atoms in total. The Morgan fingerprint density at radius 1 is 0.960 bits per heavy atom. The zero-order valence-corrected chi connectivity index (χ0v) is 13.9. The van der Waals surface area contributed by atoms with Gasteiger partial charge in [0.2, 0.25) is 5.91 Å². The summed E-state index contributed by atoms with van der Waals surface area (Å²) in [5.41, 5.74) is 9.00. The van der Waals surface area contributed by atoms with Crippen LogP contribution in [0, 0.1) is 5.82 Å². The summed E-state index contributed by atoms with van der Waals surface area (Å²) in [7, 11) is 0. The topological polar surface area (TPSA) is 55.5 Å². The molecule has 25 heavy (non-hydrogen) atoms. The van der Waals surface area contributed by atoms with Gasteiger partial charge in [-0.15, -0.1) is 0 Å². The fraction of sp³-hybridized carbons (Fsp3) is 0. The van der Waals surface area contributed by atoms with Gasteiger partial charge in [0.05, 0.1) is 11.4 Å². The molecule has 0 spiro atoms. The molecule has 1 heterocycles. The highest BCUT2D eigenvalue weighted by Crippen LogP contribution is 2.41. The maximum atomic E-state index is 13.3. The molecule has 4 rings (SSSR count). The molecule has 0 fully saturated rings. The van der Waals surface area contributed by atoms with Crippen molar-refractivity contribution in [2.24, 2.45) is 10.7 Å². The largest absolute Gasteiger partial charge is 0.366 e. The average molecular weight is 348 g/mol. The SMILES string of the molecule is NC(=O)c1ccc2c(c1)N=C(c1ccc(F)cc1)c1ccccc1S2. The second-order valence-electron chi connectivity index (χ2n) is 5.61. The number of benzene rings is 3. The van der Waals surface area contributed by atoms with Gasteiger partial charge in [-0.05, 0) is 48.5 Å². The highest BCUT2D eigenvalue weighted by molar-refractivity contribution is 7.99. The molecular weight excluding hydrogens is 335 g/mol. The van der Waals surface area contributed by atoms with Crippen LogP contribution in [0.2, 0.25) is 0 Å². The Balaban J connectivity index is 1.96. The van der Waals surface area contributed by atoms with Crippen LogP contribution in [-0.4, -0.2) is 11.6 Å². The average Bonchev–Trinajstić information content (AvgIpc) is 2.78. The number of hydrogen-bond donors (Lipinski definition) is 1. The Morgan fingerprint density at radius 3 is 2.48 bits per heavy atom. The van der Waals surface area contributed by atoms with Crippen molar-refractivity contribution in [3.8, 4) is 0 Å². The van der Waals surface area contributed by atoms with E-state index in [-0.39, 0.29) is 5.82 Å². The van der Waals surface area contributed by atoms with Gasteiger partial charge >= 0.3 is 0 Å². The van der Waals surface area contributed by atoms with Crippen LogP contribution in [0.4, 0.5) is 10.1 Å². The Morgan fingerprint density at radius 2 is 1.72 bits per heavy atom. The van der Waals surface area contributed by atoms with Crippen molar-refractivity contribution in [3.63, 3.8) is 0 Å². The van der Waals surface area contributed by atoms with Crippen LogP contribution in [0.5, 0.6) is 0 Å². The maximum Gasteiger partial charge on any atom is 0.248 e. The van der Waals surface area contributed by atoms with Gasteiger partial charge < -0.3 is 5.73 Å². The third kappa shape index (κ3) is 2.94. The minimum absolute atomic E-state index is 0.294. The van der Waals surface area contributed by atoms with E-state index in [0.29, 0.717) is 11.3 Å². The zero-order valence-electron chi connectivity index (χ0n) is 13.1.